The van der Waals surface area contributed by atoms with E-state index in [-0.39, 0.29) is 11.1 Å². The Balaban J connectivity index is 2.26. The molecule has 2 rings (SSSR count). The lowest BCUT2D eigenvalue weighted by Gasteiger charge is -2.12. The minimum atomic E-state index is -1.34. The van der Waals surface area contributed by atoms with Crippen LogP contribution < -0.4 is 0 Å². The van der Waals surface area contributed by atoms with Crippen molar-refractivity contribution in [1.82, 2.24) is 15.2 Å². The highest BCUT2D eigenvalue weighted by Gasteiger charge is 2.22. The number of aromatic amines is 1. The SMILES string of the molecule is CCc1nc([S@@](=O)[C@@H](CC)c2ccc(F)cc2)n[nH]1. The van der Waals surface area contributed by atoms with Crippen molar-refractivity contribution >= 4 is 10.8 Å². The molecule has 2 aromatic rings. The molecule has 6 heteroatoms. The highest BCUT2D eigenvalue weighted by molar-refractivity contribution is 7.85. The minimum absolute atomic E-state index is 0.221. The normalized spacial score (nSPS) is 14.3. The standard InChI is InChI=1S/C13H16FN3OS/c1-3-11(9-5-7-10(14)8-6-9)19(18)13-15-12(4-2)16-17-13/h5-8,11H,3-4H2,1-2H3,(H,15,16,17)/t11-,19-/m0/s1. The lowest BCUT2D eigenvalue weighted by molar-refractivity contribution is 0.625. The van der Waals surface area contributed by atoms with Crippen molar-refractivity contribution in [3.05, 3.63) is 41.5 Å². The van der Waals surface area contributed by atoms with Crippen LogP contribution in [-0.2, 0) is 17.2 Å². The van der Waals surface area contributed by atoms with Gasteiger partial charge in [0, 0.05) is 6.42 Å². The molecule has 0 spiro atoms. The van der Waals surface area contributed by atoms with E-state index in [0.717, 1.165) is 17.8 Å². The van der Waals surface area contributed by atoms with Gasteiger partial charge in [-0.1, -0.05) is 26.0 Å². The highest BCUT2D eigenvalue weighted by Crippen LogP contribution is 2.26. The van der Waals surface area contributed by atoms with Crippen molar-refractivity contribution in [3.63, 3.8) is 0 Å². The first-order chi connectivity index (χ1) is 9.15. The van der Waals surface area contributed by atoms with E-state index in [9.17, 15) is 8.60 Å². The second kappa shape index (κ2) is 6.06. The summed E-state index contributed by atoms with van der Waals surface area (Å²) in [5.41, 5.74) is 0.838. The third kappa shape index (κ3) is 3.07. The van der Waals surface area contributed by atoms with Crippen molar-refractivity contribution in [2.75, 3.05) is 0 Å². The fourth-order valence-corrected chi connectivity index (χ4v) is 3.14. The summed E-state index contributed by atoms with van der Waals surface area (Å²) in [6, 6.07) is 6.08. The summed E-state index contributed by atoms with van der Waals surface area (Å²) in [6.07, 6.45) is 1.39. The number of nitrogens with zero attached hydrogens (tertiary/aromatic N) is 2. The van der Waals surface area contributed by atoms with Gasteiger partial charge < -0.3 is 0 Å². The quantitative estimate of drug-likeness (QED) is 0.916. The van der Waals surface area contributed by atoms with E-state index in [1.807, 2.05) is 13.8 Å². The molecule has 0 aliphatic heterocycles. The van der Waals surface area contributed by atoms with Crippen LogP contribution in [0.15, 0.2) is 29.4 Å². The third-order valence-electron chi connectivity index (χ3n) is 2.90. The molecular weight excluding hydrogens is 265 g/mol. The molecule has 0 amide bonds. The minimum Gasteiger partial charge on any atom is -0.262 e. The zero-order chi connectivity index (χ0) is 13.8. The van der Waals surface area contributed by atoms with Crippen LogP contribution >= 0.6 is 0 Å². The molecule has 0 unspecified atom stereocenters. The number of aromatic nitrogens is 3. The van der Waals surface area contributed by atoms with E-state index >= 15 is 0 Å². The fraction of sp³-hybridized carbons (Fsp3) is 0.385. The number of benzene rings is 1. The summed E-state index contributed by atoms with van der Waals surface area (Å²) >= 11 is 0. The lowest BCUT2D eigenvalue weighted by atomic mass is 10.1. The summed E-state index contributed by atoms with van der Waals surface area (Å²) in [7, 11) is -1.34. The number of aryl methyl sites for hydroxylation is 1. The van der Waals surface area contributed by atoms with Crippen LogP contribution in [0.1, 0.15) is 36.9 Å². The monoisotopic (exact) mass is 281 g/mol. The average Bonchev–Trinajstić information content (AvgIpc) is 2.90. The second-order valence-electron chi connectivity index (χ2n) is 4.16. The van der Waals surface area contributed by atoms with Crippen LogP contribution in [0.25, 0.3) is 0 Å². The first-order valence-electron chi connectivity index (χ1n) is 6.23. The van der Waals surface area contributed by atoms with Gasteiger partial charge in [-0.25, -0.2) is 9.37 Å². The zero-order valence-corrected chi connectivity index (χ0v) is 11.7. The Kier molecular flexibility index (Phi) is 4.42. The van der Waals surface area contributed by atoms with Gasteiger partial charge in [-0.2, -0.15) is 0 Å². The van der Waals surface area contributed by atoms with Gasteiger partial charge in [0.15, 0.2) is 0 Å². The van der Waals surface area contributed by atoms with Crippen LogP contribution in [0, 0.1) is 5.82 Å². The number of hydrogen-bond donors (Lipinski definition) is 1. The Morgan fingerprint density at radius 2 is 2.00 bits per heavy atom. The molecule has 102 valence electrons. The van der Waals surface area contributed by atoms with Crippen LogP contribution in [0.5, 0.6) is 0 Å². The predicted octanol–water partition coefficient (Wildman–Crippen LogP) is 2.77. The van der Waals surface area contributed by atoms with E-state index in [0.29, 0.717) is 11.6 Å². The molecule has 0 saturated heterocycles. The first-order valence-corrected chi connectivity index (χ1v) is 7.44. The van der Waals surface area contributed by atoms with Crippen molar-refractivity contribution < 1.29 is 8.60 Å². The summed E-state index contributed by atoms with van der Waals surface area (Å²) in [4.78, 5) is 4.20. The molecule has 0 aliphatic carbocycles. The Morgan fingerprint density at radius 1 is 1.32 bits per heavy atom. The van der Waals surface area contributed by atoms with Gasteiger partial charge in [-0.3, -0.25) is 9.31 Å². The summed E-state index contributed by atoms with van der Waals surface area (Å²) in [5, 5.41) is 6.84. The first kappa shape index (κ1) is 13.9. The van der Waals surface area contributed by atoms with Crippen molar-refractivity contribution in [1.29, 1.82) is 0 Å². The Morgan fingerprint density at radius 3 is 2.53 bits per heavy atom. The molecule has 0 saturated carbocycles. The van der Waals surface area contributed by atoms with Gasteiger partial charge in [-0.15, -0.1) is 5.10 Å². The van der Waals surface area contributed by atoms with Crippen LogP contribution in [0.4, 0.5) is 4.39 Å². The molecular formula is C13H16FN3OS. The molecule has 0 fully saturated rings. The predicted molar refractivity (Wildman–Crippen MR) is 71.6 cm³/mol. The van der Waals surface area contributed by atoms with Gasteiger partial charge in [0.25, 0.3) is 0 Å². The van der Waals surface area contributed by atoms with Crippen molar-refractivity contribution in [2.24, 2.45) is 0 Å². The topological polar surface area (TPSA) is 58.6 Å². The van der Waals surface area contributed by atoms with Crippen molar-refractivity contribution in [2.45, 2.75) is 37.1 Å². The van der Waals surface area contributed by atoms with Gasteiger partial charge in [0.1, 0.15) is 22.4 Å². The van der Waals surface area contributed by atoms with Crippen molar-refractivity contribution in [3.8, 4) is 0 Å². The van der Waals surface area contributed by atoms with Gasteiger partial charge >= 0.3 is 0 Å². The highest BCUT2D eigenvalue weighted by atomic mass is 32.2. The van der Waals surface area contributed by atoms with Gasteiger partial charge in [0.2, 0.25) is 5.16 Å². The molecule has 4 nitrogen and oxygen atoms in total. The molecule has 1 aromatic heterocycles. The number of halogens is 1. The van der Waals surface area contributed by atoms with Gasteiger partial charge in [0.05, 0.1) is 5.25 Å². The largest absolute Gasteiger partial charge is 0.262 e. The maximum atomic E-state index is 12.9. The number of nitrogens with one attached hydrogen (secondary N) is 1. The van der Waals surface area contributed by atoms with E-state index in [4.69, 9.17) is 0 Å². The molecule has 2 atom stereocenters. The average molecular weight is 281 g/mol. The Labute approximate surface area is 113 Å². The van der Waals surface area contributed by atoms with E-state index < -0.39 is 10.8 Å². The molecule has 1 heterocycles. The number of hydrogen-bond acceptors (Lipinski definition) is 3. The van der Waals surface area contributed by atoms with E-state index in [1.165, 1.54) is 12.1 Å². The number of rotatable bonds is 5. The lowest BCUT2D eigenvalue weighted by Crippen LogP contribution is -2.08. The molecule has 0 aliphatic rings. The van der Waals surface area contributed by atoms with E-state index in [2.05, 4.69) is 15.2 Å². The van der Waals surface area contributed by atoms with E-state index in [1.54, 1.807) is 12.1 Å². The molecule has 0 radical (unpaired) electrons. The molecule has 19 heavy (non-hydrogen) atoms. The third-order valence-corrected chi connectivity index (χ3v) is 4.56. The second-order valence-corrected chi connectivity index (χ2v) is 5.69. The Hall–Kier alpha value is -1.56. The molecule has 1 N–H and O–H groups in total. The Bertz CT molecular complexity index is 568. The fourth-order valence-electron chi connectivity index (χ4n) is 1.84. The number of H-pyrrole nitrogens is 1. The summed E-state index contributed by atoms with van der Waals surface area (Å²) in [6.45, 7) is 3.89. The van der Waals surface area contributed by atoms with Crippen LogP contribution in [-0.4, -0.2) is 19.4 Å². The molecule has 0 bridgehead atoms. The summed E-state index contributed by atoms with van der Waals surface area (Å²) < 4.78 is 25.4. The van der Waals surface area contributed by atoms with Crippen LogP contribution in [0.3, 0.4) is 0 Å². The smallest absolute Gasteiger partial charge is 0.239 e. The maximum Gasteiger partial charge on any atom is 0.239 e. The van der Waals surface area contributed by atoms with Crippen LogP contribution in [0.2, 0.25) is 0 Å². The maximum absolute atomic E-state index is 12.9. The zero-order valence-electron chi connectivity index (χ0n) is 10.9. The van der Waals surface area contributed by atoms with Gasteiger partial charge in [-0.05, 0) is 24.1 Å². The molecule has 1 aromatic carbocycles. The summed E-state index contributed by atoms with van der Waals surface area (Å²) in [5.74, 6) is 0.424.